The predicted molar refractivity (Wildman–Crippen MR) is 82.4 cm³/mol. The molecular formula is C16H34N2O. The highest BCUT2D eigenvalue weighted by Crippen LogP contribution is 2.39. The van der Waals surface area contributed by atoms with E-state index in [0.29, 0.717) is 18.1 Å². The van der Waals surface area contributed by atoms with Crippen LogP contribution < -0.4 is 5.32 Å². The fraction of sp³-hybridized carbons (Fsp3) is 1.00. The van der Waals surface area contributed by atoms with Crippen molar-refractivity contribution in [3.05, 3.63) is 0 Å². The summed E-state index contributed by atoms with van der Waals surface area (Å²) in [5.74, 6) is 0.898. The third kappa shape index (κ3) is 5.41. The zero-order valence-corrected chi connectivity index (χ0v) is 13.4. The summed E-state index contributed by atoms with van der Waals surface area (Å²) in [7, 11) is 2.08. The Hall–Kier alpha value is -0.120. The lowest BCUT2D eigenvalue weighted by Crippen LogP contribution is -2.48. The van der Waals surface area contributed by atoms with E-state index in [1.165, 1.54) is 32.2 Å². The van der Waals surface area contributed by atoms with Crippen LogP contribution in [0.1, 0.15) is 52.9 Å². The molecule has 1 saturated carbocycles. The molecule has 0 aromatic carbocycles. The predicted octanol–water partition coefficient (Wildman–Crippen LogP) is 2.50. The highest BCUT2D eigenvalue weighted by molar-refractivity contribution is 4.89. The van der Waals surface area contributed by atoms with Gasteiger partial charge in [-0.05, 0) is 51.5 Å². The maximum Gasteiger partial charge on any atom is 0.0443 e. The average molecular weight is 270 g/mol. The Bertz CT molecular complexity index is 235. The largest absolute Gasteiger partial charge is 0.396 e. The van der Waals surface area contributed by atoms with Gasteiger partial charge in [0.1, 0.15) is 0 Å². The van der Waals surface area contributed by atoms with Crippen molar-refractivity contribution in [3.8, 4) is 0 Å². The number of aliphatic hydroxyl groups excluding tert-OH is 1. The Morgan fingerprint density at radius 2 is 1.95 bits per heavy atom. The number of nitrogens with one attached hydrogen (secondary N) is 1. The zero-order chi connectivity index (χ0) is 14.3. The molecule has 0 aliphatic heterocycles. The second-order valence-corrected chi connectivity index (χ2v) is 6.85. The van der Waals surface area contributed by atoms with Gasteiger partial charge in [0.2, 0.25) is 0 Å². The van der Waals surface area contributed by atoms with Crippen LogP contribution in [0.15, 0.2) is 0 Å². The first-order chi connectivity index (χ1) is 9.03. The lowest BCUT2D eigenvalue weighted by Gasteiger charge is -2.44. The highest BCUT2D eigenvalue weighted by Gasteiger charge is 2.35. The van der Waals surface area contributed by atoms with Crippen LogP contribution in [0.3, 0.4) is 0 Å². The molecule has 1 aliphatic rings. The standard InChI is InChI=1S/C16H34N2O/c1-14(2)18(10-5-11-19)13-16(12-17-4)8-6-15(3)7-9-16/h14-15,17,19H,5-13H2,1-4H3. The van der Waals surface area contributed by atoms with Crippen molar-refractivity contribution in [2.45, 2.75) is 58.9 Å². The van der Waals surface area contributed by atoms with E-state index < -0.39 is 0 Å². The van der Waals surface area contributed by atoms with E-state index in [2.05, 4.69) is 38.0 Å². The maximum absolute atomic E-state index is 9.07. The smallest absolute Gasteiger partial charge is 0.0443 e. The van der Waals surface area contributed by atoms with Gasteiger partial charge in [0.15, 0.2) is 0 Å². The third-order valence-corrected chi connectivity index (χ3v) is 4.76. The molecule has 1 aliphatic carbocycles. The molecule has 2 N–H and O–H groups in total. The Kier molecular flexibility index (Phi) is 7.33. The van der Waals surface area contributed by atoms with Gasteiger partial charge in [0, 0.05) is 32.3 Å². The summed E-state index contributed by atoms with van der Waals surface area (Å²) >= 11 is 0. The van der Waals surface area contributed by atoms with Crippen LogP contribution in [0.5, 0.6) is 0 Å². The molecule has 0 aromatic heterocycles. The van der Waals surface area contributed by atoms with Gasteiger partial charge in [-0.25, -0.2) is 0 Å². The van der Waals surface area contributed by atoms with Crippen molar-refractivity contribution < 1.29 is 5.11 Å². The lowest BCUT2D eigenvalue weighted by atomic mass is 9.70. The number of rotatable bonds is 8. The summed E-state index contributed by atoms with van der Waals surface area (Å²) in [6.07, 6.45) is 6.32. The fourth-order valence-corrected chi connectivity index (χ4v) is 3.36. The molecule has 0 spiro atoms. The molecule has 0 heterocycles. The minimum Gasteiger partial charge on any atom is -0.396 e. The quantitative estimate of drug-likeness (QED) is 0.711. The lowest BCUT2D eigenvalue weighted by molar-refractivity contribution is 0.0680. The van der Waals surface area contributed by atoms with Crippen LogP contribution in [0.25, 0.3) is 0 Å². The Labute approximate surface area is 119 Å². The minimum absolute atomic E-state index is 0.305. The Balaban J connectivity index is 2.63. The molecule has 114 valence electrons. The number of aliphatic hydroxyl groups is 1. The topological polar surface area (TPSA) is 35.5 Å². The molecule has 0 unspecified atom stereocenters. The molecule has 1 fully saturated rings. The summed E-state index contributed by atoms with van der Waals surface area (Å²) in [6, 6.07) is 0.569. The van der Waals surface area contributed by atoms with Crippen molar-refractivity contribution in [3.63, 3.8) is 0 Å². The second-order valence-electron chi connectivity index (χ2n) is 6.85. The first-order valence-electron chi connectivity index (χ1n) is 8.02. The first-order valence-corrected chi connectivity index (χ1v) is 8.02. The van der Waals surface area contributed by atoms with Crippen molar-refractivity contribution in [1.82, 2.24) is 10.2 Å². The van der Waals surface area contributed by atoms with Crippen molar-refractivity contribution in [2.75, 3.05) is 33.3 Å². The minimum atomic E-state index is 0.305. The normalized spacial score (nSPS) is 28.3. The maximum atomic E-state index is 9.07. The zero-order valence-electron chi connectivity index (χ0n) is 13.4. The number of hydrogen-bond donors (Lipinski definition) is 2. The van der Waals surface area contributed by atoms with Crippen LogP contribution in [0.2, 0.25) is 0 Å². The van der Waals surface area contributed by atoms with Crippen LogP contribution >= 0.6 is 0 Å². The highest BCUT2D eigenvalue weighted by atomic mass is 16.3. The Morgan fingerprint density at radius 1 is 1.32 bits per heavy atom. The van der Waals surface area contributed by atoms with Crippen molar-refractivity contribution in [1.29, 1.82) is 0 Å². The van der Waals surface area contributed by atoms with Crippen molar-refractivity contribution >= 4 is 0 Å². The summed E-state index contributed by atoms with van der Waals surface area (Å²) in [4.78, 5) is 2.56. The van der Waals surface area contributed by atoms with E-state index >= 15 is 0 Å². The van der Waals surface area contributed by atoms with Gasteiger partial charge in [-0.1, -0.05) is 19.8 Å². The van der Waals surface area contributed by atoms with E-state index in [0.717, 1.165) is 25.4 Å². The van der Waals surface area contributed by atoms with E-state index in [4.69, 9.17) is 5.11 Å². The summed E-state index contributed by atoms with van der Waals surface area (Å²) < 4.78 is 0. The van der Waals surface area contributed by atoms with Crippen LogP contribution in [0.4, 0.5) is 0 Å². The van der Waals surface area contributed by atoms with Gasteiger partial charge >= 0.3 is 0 Å². The molecule has 0 radical (unpaired) electrons. The van der Waals surface area contributed by atoms with Gasteiger partial charge < -0.3 is 15.3 Å². The molecular weight excluding hydrogens is 236 g/mol. The number of nitrogens with zero attached hydrogens (tertiary/aromatic N) is 1. The van der Waals surface area contributed by atoms with Crippen LogP contribution in [-0.4, -0.2) is 49.3 Å². The summed E-state index contributed by atoms with van der Waals surface area (Å²) in [5, 5.41) is 12.5. The van der Waals surface area contributed by atoms with Crippen LogP contribution in [-0.2, 0) is 0 Å². The van der Waals surface area contributed by atoms with Gasteiger partial charge in [0.25, 0.3) is 0 Å². The molecule has 3 nitrogen and oxygen atoms in total. The Morgan fingerprint density at radius 3 is 2.42 bits per heavy atom. The first kappa shape index (κ1) is 16.9. The van der Waals surface area contributed by atoms with Gasteiger partial charge in [-0.2, -0.15) is 0 Å². The van der Waals surface area contributed by atoms with Gasteiger partial charge in [-0.3, -0.25) is 0 Å². The number of hydrogen-bond acceptors (Lipinski definition) is 3. The third-order valence-electron chi connectivity index (χ3n) is 4.76. The molecule has 1 rings (SSSR count). The molecule has 0 amide bonds. The SMILES string of the molecule is CNCC1(CN(CCCO)C(C)C)CCC(C)CC1. The molecule has 0 aromatic rings. The second kappa shape index (κ2) is 8.23. The van der Waals surface area contributed by atoms with Crippen molar-refractivity contribution in [2.24, 2.45) is 11.3 Å². The van der Waals surface area contributed by atoms with Crippen LogP contribution in [0, 0.1) is 11.3 Å². The summed E-state index contributed by atoms with van der Waals surface area (Å²) in [6.45, 7) is 10.6. The fourth-order valence-electron chi connectivity index (χ4n) is 3.36. The van der Waals surface area contributed by atoms with E-state index in [1.807, 2.05) is 0 Å². The molecule has 0 atom stereocenters. The monoisotopic (exact) mass is 270 g/mol. The average Bonchev–Trinajstić information content (AvgIpc) is 2.38. The van der Waals surface area contributed by atoms with Gasteiger partial charge in [0.05, 0.1) is 0 Å². The molecule has 3 heteroatoms. The van der Waals surface area contributed by atoms with Gasteiger partial charge in [-0.15, -0.1) is 0 Å². The van der Waals surface area contributed by atoms with E-state index in [1.54, 1.807) is 0 Å². The molecule has 0 bridgehead atoms. The molecule has 0 saturated heterocycles. The van der Waals surface area contributed by atoms with E-state index in [-0.39, 0.29) is 0 Å². The van der Waals surface area contributed by atoms with E-state index in [9.17, 15) is 0 Å². The summed E-state index contributed by atoms with van der Waals surface area (Å²) in [5.41, 5.74) is 0.445. The molecule has 19 heavy (non-hydrogen) atoms.